The van der Waals surface area contributed by atoms with Crippen molar-refractivity contribution >= 4 is 45.0 Å². The molecule has 1 N–H and O–H groups in total. The normalized spacial score (nSPS) is 12.8. The van der Waals surface area contributed by atoms with E-state index in [9.17, 15) is 17.6 Å². The molecular formula is C17H18ClFN2O3S2. The van der Waals surface area contributed by atoms with Gasteiger partial charge in [-0.25, -0.2) is 17.1 Å². The molecule has 0 heterocycles. The van der Waals surface area contributed by atoms with Crippen molar-refractivity contribution < 1.29 is 17.6 Å². The number of carbonyl (C=O) groups is 1. The fraction of sp³-hybridized carbons (Fsp3) is 0.235. The van der Waals surface area contributed by atoms with Gasteiger partial charge >= 0.3 is 0 Å². The molecule has 1 atom stereocenters. The Morgan fingerprint density at radius 3 is 2.54 bits per heavy atom. The van der Waals surface area contributed by atoms with Crippen LogP contribution in [0.4, 0.5) is 10.1 Å². The van der Waals surface area contributed by atoms with Gasteiger partial charge in [-0.1, -0.05) is 17.7 Å². The SMILES string of the molecule is CC(Sc1ccc(F)c(Cl)c1)C(=O)Nc1cccc(S(=O)(=O)N(C)C)c1. The molecule has 0 aromatic heterocycles. The van der Waals surface area contributed by atoms with Gasteiger partial charge in [0.15, 0.2) is 0 Å². The standard InChI is InChI=1S/C17H18ClFN2O3S2/c1-11(25-13-7-8-16(19)15(18)10-13)17(22)20-12-5-4-6-14(9-12)26(23,24)21(2)3/h4-11H,1-3H3,(H,20,22). The minimum atomic E-state index is -3.59. The van der Waals surface area contributed by atoms with Crippen molar-refractivity contribution in [2.45, 2.75) is 22.0 Å². The lowest BCUT2D eigenvalue weighted by molar-refractivity contribution is -0.115. The van der Waals surface area contributed by atoms with Gasteiger partial charge in [-0.15, -0.1) is 11.8 Å². The summed E-state index contributed by atoms with van der Waals surface area (Å²) in [6.07, 6.45) is 0. The molecule has 0 saturated heterocycles. The summed E-state index contributed by atoms with van der Waals surface area (Å²) in [6, 6.07) is 10.3. The minimum Gasteiger partial charge on any atom is -0.325 e. The highest BCUT2D eigenvalue weighted by Gasteiger charge is 2.19. The number of carbonyl (C=O) groups excluding carboxylic acids is 1. The van der Waals surface area contributed by atoms with Gasteiger partial charge in [0.25, 0.3) is 0 Å². The highest BCUT2D eigenvalue weighted by molar-refractivity contribution is 8.00. The summed E-state index contributed by atoms with van der Waals surface area (Å²) in [5, 5.41) is 2.18. The summed E-state index contributed by atoms with van der Waals surface area (Å²) in [5.74, 6) is -0.832. The summed E-state index contributed by atoms with van der Waals surface area (Å²) >= 11 is 6.96. The first kappa shape index (κ1) is 20.7. The highest BCUT2D eigenvalue weighted by atomic mass is 35.5. The summed E-state index contributed by atoms with van der Waals surface area (Å²) in [7, 11) is -0.711. The number of nitrogens with zero attached hydrogens (tertiary/aromatic N) is 1. The van der Waals surface area contributed by atoms with Gasteiger partial charge in [-0.05, 0) is 43.3 Å². The number of thioether (sulfide) groups is 1. The zero-order chi connectivity index (χ0) is 19.5. The largest absolute Gasteiger partial charge is 0.325 e. The van der Waals surface area contributed by atoms with Crippen molar-refractivity contribution in [1.29, 1.82) is 0 Å². The van der Waals surface area contributed by atoms with E-state index in [1.807, 2.05) is 0 Å². The Hall–Kier alpha value is -1.61. The van der Waals surface area contributed by atoms with E-state index in [4.69, 9.17) is 11.6 Å². The maximum absolute atomic E-state index is 13.2. The van der Waals surface area contributed by atoms with Crippen LogP contribution in [0.25, 0.3) is 0 Å². The third kappa shape index (κ3) is 4.97. The summed E-state index contributed by atoms with van der Waals surface area (Å²) in [4.78, 5) is 13.1. The van der Waals surface area contributed by atoms with E-state index < -0.39 is 21.1 Å². The number of halogens is 2. The Balaban J connectivity index is 2.10. The fourth-order valence-electron chi connectivity index (χ4n) is 2.00. The van der Waals surface area contributed by atoms with Crippen LogP contribution >= 0.6 is 23.4 Å². The van der Waals surface area contributed by atoms with E-state index in [-0.39, 0.29) is 15.8 Å². The topological polar surface area (TPSA) is 66.5 Å². The van der Waals surface area contributed by atoms with Crippen LogP contribution in [-0.2, 0) is 14.8 Å². The monoisotopic (exact) mass is 416 g/mol. The Morgan fingerprint density at radius 2 is 1.92 bits per heavy atom. The first-order valence-electron chi connectivity index (χ1n) is 7.56. The molecule has 2 rings (SSSR count). The van der Waals surface area contributed by atoms with Crippen LogP contribution < -0.4 is 5.32 Å². The van der Waals surface area contributed by atoms with E-state index >= 15 is 0 Å². The lowest BCUT2D eigenvalue weighted by Gasteiger charge is -2.14. The summed E-state index contributed by atoms with van der Waals surface area (Å²) < 4.78 is 38.6. The molecular weight excluding hydrogens is 399 g/mol. The van der Waals surface area contributed by atoms with Crippen molar-refractivity contribution in [3.8, 4) is 0 Å². The van der Waals surface area contributed by atoms with Gasteiger partial charge in [0.2, 0.25) is 15.9 Å². The average Bonchev–Trinajstić information content (AvgIpc) is 2.58. The number of sulfonamides is 1. The van der Waals surface area contributed by atoms with Gasteiger partial charge in [-0.2, -0.15) is 0 Å². The zero-order valence-electron chi connectivity index (χ0n) is 14.4. The molecule has 2 aromatic rings. The lowest BCUT2D eigenvalue weighted by Crippen LogP contribution is -2.24. The number of nitrogens with one attached hydrogen (secondary N) is 1. The van der Waals surface area contributed by atoms with Crippen LogP contribution in [0.15, 0.2) is 52.3 Å². The van der Waals surface area contributed by atoms with Crippen LogP contribution in [0.2, 0.25) is 5.02 Å². The van der Waals surface area contributed by atoms with Crippen molar-refractivity contribution in [3.05, 3.63) is 53.3 Å². The van der Waals surface area contributed by atoms with E-state index in [0.717, 1.165) is 4.31 Å². The first-order chi connectivity index (χ1) is 12.1. The fourth-order valence-corrected chi connectivity index (χ4v) is 4.10. The molecule has 2 aromatic carbocycles. The Bertz CT molecular complexity index is 920. The van der Waals surface area contributed by atoms with Gasteiger partial charge < -0.3 is 5.32 Å². The molecule has 0 aliphatic heterocycles. The minimum absolute atomic E-state index is 0.01000. The second kappa shape index (κ2) is 8.39. The molecule has 0 aliphatic carbocycles. The Labute approximate surface area is 161 Å². The Kier molecular flexibility index (Phi) is 6.68. The Morgan fingerprint density at radius 1 is 1.23 bits per heavy atom. The summed E-state index contributed by atoms with van der Waals surface area (Å²) in [6.45, 7) is 1.69. The summed E-state index contributed by atoms with van der Waals surface area (Å²) in [5.41, 5.74) is 0.377. The first-order valence-corrected chi connectivity index (χ1v) is 10.3. The molecule has 0 spiro atoms. The predicted molar refractivity (Wildman–Crippen MR) is 103 cm³/mol. The molecule has 140 valence electrons. The number of benzene rings is 2. The van der Waals surface area contributed by atoms with Crippen LogP contribution in [0.1, 0.15) is 6.92 Å². The molecule has 0 aliphatic rings. The lowest BCUT2D eigenvalue weighted by atomic mass is 10.3. The van der Waals surface area contributed by atoms with Crippen molar-refractivity contribution in [3.63, 3.8) is 0 Å². The van der Waals surface area contributed by atoms with Crippen LogP contribution in [0, 0.1) is 5.82 Å². The molecule has 1 amide bonds. The number of rotatable bonds is 6. The number of hydrogen-bond acceptors (Lipinski definition) is 4. The molecule has 9 heteroatoms. The number of anilines is 1. The van der Waals surface area contributed by atoms with Gasteiger partial charge in [0.1, 0.15) is 5.82 Å². The second-order valence-electron chi connectivity index (χ2n) is 5.64. The molecule has 0 bridgehead atoms. The van der Waals surface area contributed by atoms with E-state index in [1.165, 1.54) is 50.1 Å². The maximum atomic E-state index is 13.2. The van der Waals surface area contributed by atoms with Crippen LogP contribution in [0.3, 0.4) is 0 Å². The van der Waals surface area contributed by atoms with Crippen molar-refractivity contribution in [1.82, 2.24) is 4.31 Å². The number of amides is 1. The average molecular weight is 417 g/mol. The number of hydrogen-bond donors (Lipinski definition) is 1. The molecule has 1 unspecified atom stereocenters. The van der Waals surface area contributed by atoms with Crippen LogP contribution in [0.5, 0.6) is 0 Å². The molecule has 0 saturated carbocycles. The third-order valence-corrected chi connectivity index (χ3v) is 6.65. The van der Waals surface area contributed by atoms with Crippen molar-refractivity contribution in [2.24, 2.45) is 0 Å². The van der Waals surface area contributed by atoms with Crippen LogP contribution in [-0.4, -0.2) is 38.0 Å². The molecule has 5 nitrogen and oxygen atoms in total. The second-order valence-corrected chi connectivity index (χ2v) is 9.61. The predicted octanol–water partition coefficient (Wildman–Crippen LogP) is 3.85. The van der Waals surface area contributed by atoms with Gasteiger partial charge in [0.05, 0.1) is 15.2 Å². The van der Waals surface area contributed by atoms with E-state index in [2.05, 4.69) is 5.32 Å². The molecule has 0 fully saturated rings. The van der Waals surface area contributed by atoms with E-state index in [0.29, 0.717) is 10.6 Å². The zero-order valence-corrected chi connectivity index (χ0v) is 16.8. The molecule has 26 heavy (non-hydrogen) atoms. The maximum Gasteiger partial charge on any atom is 0.242 e. The smallest absolute Gasteiger partial charge is 0.242 e. The van der Waals surface area contributed by atoms with Gasteiger partial charge in [0, 0.05) is 24.7 Å². The highest BCUT2D eigenvalue weighted by Crippen LogP contribution is 2.28. The third-order valence-electron chi connectivity index (χ3n) is 3.45. The molecule has 0 radical (unpaired) electrons. The van der Waals surface area contributed by atoms with E-state index in [1.54, 1.807) is 25.1 Å². The quantitative estimate of drug-likeness (QED) is 0.726. The van der Waals surface area contributed by atoms with Crippen molar-refractivity contribution in [2.75, 3.05) is 19.4 Å². The van der Waals surface area contributed by atoms with Gasteiger partial charge in [-0.3, -0.25) is 4.79 Å².